The molecule has 0 amide bonds. The highest BCUT2D eigenvalue weighted by Crippen LogP contribution is 2.20. The Bertz CT molecular complexity index is 532. The lowest BCUT2D eigenvalue weighted by atomic mass is 10.2. The molecule has 2 aromatic rings. The van der Waals surface area contributed by atoms with Gasteiger partial charge in [0.1, 0.15) is 0 Å². The number of hydrogen-bond acceptors (Lipinski definition) is 3. The van der Waals surface area contributed by atoms with Crippen LogP contribution in [0, 0.1) is 0 Å². The van der Waals surface area contributed by atoms with Crippen LogP contribution in [-0.2, 0) is 0 Å². The van der Waals surface area contributed by atoms with Gasteiger partial charge in [0.25, 0.3) is 0 Å². The SMILES string of the molecule is C/C=C\c1cccc(Nc2ncccc2N)c1. The Kier molecular flexibility index (Phi) is 3.40. The summed E-state index contributed by atoms with van der Waals surface area (Å²) in [5.41, 5.74) is 8.59. The van der Waals surface area contributed by atoms with Crippen molar-refractivity contribution in [1.82, 2.24) is 4.98 Å². The van der Waals surface area contributed by atoms with Crippen molar-refractivity contribution < 1.29 is 0 Å². The van der Waals surface area contributed by atoms with Crippen molar-refractivity contribution >= 4 is 23.3 Å². The monoisotopic (exact) mass is 225 g/mol. The van der Waals surface area contributed by atoms with Crippen LogP contribution in [0.3, 0.4) is 0 Å². The van der Waals surface area contributed by atoms with Gasteiger partial charge >= 0.3 is 0 Å². The van der Waals surface area contributed by atoms with E-state index in [1.165, 1.54) is 0 Å². The number of pyridine rings is 1. The van der Waals surface area contributed by atoms with Crippen LogP contribution < -0.4 is 11.1 Å². The number of rotatable bonds is 3. The molecule has 0 atom stereocenters. The van der Waals surface area contributed by atoms with Crippen molar-refractivity contribution in [2.45, 2.75) is 6.92 Å². The standard InChI is InChI=1S/C14H15N3/c1-2-5-11-6-3-7-12(10-11)17-14-13(15)8-4-9-16-14/h2-10H,15H2,1H3,(H,16,17)/b5-2-. The second kappa shape index (κ2) is 5.16. The third kappa shape index (κ3) is 2.84. The average molecular weight is 225 g/mol. The number of benzene rings is 1. The van der Waals surface area contributed by atoms with Gasteiger partial charge in [-0.15, -0.1) is 0 Å². The molecule has 0 aliphatic carbocycles. The molecule has 86 valence electrons. The maximum Gasteiger partial charge on any atom is 0.153 e. The summed E-state index contributed by atoms with van der Waals surface area (Å²) in [6.45, 7) is 2.00. The Morgan fingerprint density at radius 2 is 2.12 bits per heavy atom. The van der Waals surface area contributed by atoms with E-state index < -0.39 is 0 Å². The molecule has 0 radical (unpaired) electrons. The molecule has 1 aromatic carbocycles. The molecule has 0 saturated heterocycles. The zero-order chi connectivity index (χ0) is 12.1. The first-order chi connectivity index (χ1) is 8.29. The number of nitrogens with one attached hydrogen (secondary N) is 1. The molecule has 2 rings (SSSR count). The predicted octanol–water partition coefficient (Wildman–Crippen LogP) is 3.44. The normalized spacial score (nSPS) is 10.6. The maximum atomic E-state index is 5.83. The topological polar surface area (TPSA) is 50.9 Å². The molecule has 0 unspecified atom stereocenters. The van der Waals surface area contributed by atoms with Crippen LogP contribution in [0.2, 0.25) is 0 Å². The van der Waals surface area contributed by atoms with Gasteiger partial charge < -0.3 is 11.1 Å². The Balaban J connectivity index is 2.24. The van der Waals surface area contributed by atoms with E-state index in [1.807, 2.05) is 55.5 Å². The Morgan fingerprint density at radius 3 is 2.88 bits per heavy atom. The van der Waals surface area contributed by atoms with Crippen LogP contribution in [-0.4, -0.2) is 4.98 Å². The molecule has 0 spiro atoms. The Hall–Kier alpha value is -2.29. The highest BCUT2D eigenvalue weighted by Gasteiger charge is 1.99. The van der Waals surface area contributed by atoms with Crippen molar-refractivity contribution in [2.24, 2.45) is 0 Å². The number of nitrogen functional groups attached to an aromatic ring is 1. The third-order valence-electron chi connectivity index (χ3n) is 2.35. The molecular formula is C14H15N3. The summed E-state index contributed by atoms with van der Waals surface area (Å²) in [5, 5.41) is 3.20. The van der Waals surface area contributed by atoms with Gasteiger partial charge in [0.2, 0.25) is 0 Å². The summed E-state index contributed by atoms with van der Waals surface area (Å²) >= 11 is 0. The number of hydrogen-bond donors (Lipinski definition) is 2. The number of allylic oxidation sites excluding steroid dienone is 1. The van der Waals surface area contributed by atoms with E-state index in [2.05, 4.69) is 10.3 Å². The van der Waals surface area contributed by atoms with Crippen molar-refractivity contribution in [1.29, 1.82) is 0 Å². The van der Waals surface area contributed by atoms with Crippen molar-refractivity contribution in [2.75, 3.05) is 11.1 Å². The molecule has 0 saturated carbocycles. The number of nitrogens with two attached hydrogens (primary N) is 1. The van der Waals surface area contributed by atoms with Gasteiger partial charge in [-0.3, -0.25) is 0 Å². The summed E-state index contributed by atoms with van der Waals surface area (Å²) in [6, 6.07) is 11.7. The van der Waals surface area contributed by atoms with Crippen molar-refractivity contribution in [3.8, 4) is 0 Å². The summed E-state index contributed by atoms with van der Waals surface area (Å²) in [4.78, 5) is 4.20. The molecule has 3 N–H and O–H groups in total. The summed E-state index contributed by atoms with van der Waals surface area (Å²) in [6.07, 6.45) is 5.77. The number of anilines is 3. The predicted molar refractivity (Wildman–Crippen MR) is 73.1 cm³/mol. The minimum absolute atomic E-state index is 0.643. The number of nitrogens with zero attached hydrogens (tertiary/aromatic N) is 1. The lowest BCUT2D eigenvalue weighted by Crippen LogP contribution is -1.98. The second-order valence-corrected chi connectivity index (χ2v) is 3.69. The fraction of sp³-hybridized carbons (Fsp3) is 0.0714. The highest BCUT2D eigenvalue weighted by molar-refractivity contribution is 5.69. The van der Waals surface area contributed by atoms with Crippen LogP contribution in [0.15, 0.2) is 48.7 Å². The van der Waals surface area contributed by atoms with Gasteiger partial charge in [-0.25, -0.2) is 4.98 Å². The van der Waals surface area contributed by atoms with E-state index >= 15 is 0 Å². The van der Waals surface area contributed by atoms with E-state index in [0.29, 0.717) is 11.5 Å². The van der Waals surface area contributed by atoms with Crippen molar-refractivity contribution in [3.63, 3.8) is 0 Å². The molecule has 3 nitrogen and oxygen atoms in total. The summed E-state index contributed by atoms with van der Waals surface area (Å²) in [5.74, 6) is 0.685. The minimum Gasteiger partial charge on any atom is -0.396 e. The lowest BCUT2D eigenvalue weighted by Gasteiger charge is -2.08. The van der Waals surface area contributed by atoms with Crippen LogP contribution >= 0.6 is 0 Å². The largest absolute Gasteiger partial charge is 0.396 e. The fourth-order valence-electron chi connectivity index (χ4n) is 1.57. The fourth-order valence-corrected chi connectivity index (χ4v) is 1.57. The zero-order valence-corrected chi connectivity index (χ0v) is 9.72. The van der Waals surface area contributed by atoms with Crippen LogP contribution in [0.4, 0.5) is 17.2 Å². The smallest absolute Gasteiger partial charge is 0.153 e. The van der Waals surface area contributed by atoms with Gasteiger partial charge in [-0.1, -0.05) is 24.3 Å². The van der Waals surface area contributed by atoms with E-state index in [1.54, 1.807) is 6.20 Å². The molecule has 3 heteroatoms. The van der Waals surface area contributed by atoms with E-state index in [9.17, 15) is 0 Å². The first-order valence-corrected chi connectivity index (χ1v) is 5.50. The zero-order valence-electron chi connectivity index (χ0n) is 9.72. The van der Waals surface area contributed by atoms with E-state index in [-0.39, 0.29) is 0 Å². The average Bonchev–Trinajstić information content (AvgIpc) is 2.33. The molecule has 0 aliphatic heterocycles. The number of aromatic nitrogens is 1. The quantitative estimate of drug-likeness (QED) is 0.841. The van der Waals surface area contributed by atoms with Gasteiger partial charge in [-0.2, -0.15) is 0 Å². The molecule has 17 heavy (non-hydrogen) atoms. The van der Waals surface area contributed by atoms with Gasteiger partial charge in [0, 0.05) is 11.9 Å². The first kappa shape index (κ1) is 11.2. The van der Waals surface area contributed by atoms with Gasteiger partial charge in [-0.05, 0) is 36.8 Å². The molecular weight excluding hydrogens is 210 g/mol. The molecule has 0 fully saturated rings. The van der Waals surface area contributed by atoms with E-state index in [0.717, 1.165) is 11.3 Å². The first-order valence-electron chi connectivity index (χ1n) is 5.50. The van der Waals surface area contributed by atoms with E-state index in [4.69, 9.17) is 5.73 Å². The van der Waals surface area contributed by atoms with Crippen LogP contribution in [0.1, 0.15) is 12.5 Å². The lowest BCUT2D eigenvalue weighted by molar-refractivity contribution is 1.31. The molecule has 1 heterocycles. The van der Waals surface area contributed by atoms with Crippen molar-refractivity contribution in [3.05, 3.63) is 54.2 Å². The Morgan fingerprint density at radius 1 is 1.24 bits per heavy atom. The summed E-state index contributed by atoms with van der Waals surface area (Å²) < 4.78 is 0. The van der Waals surface area contributed by atoms with Crippen LogP contribution in [0.5, 0.6) is 0 Å². The summed E-state index contributed by atoms with van der Waals surface area (Å²) in [7, 11) is 0. The molecule has 1 aromatic heterocycles. The van der Waals surface area contributed by atoms with Crippen LogP contribution in [0.25, 0.3) is 6.08 Å². The maximum absolute atomic E-state index is 5.83. The Labute approximate surface area is 101 Å². The van der Waals surface area contributed by atoms with Gasteiger partial charge in [0.05, 0.1) is 5.69 Å². The third-order valence-corrected chi connectivity index (χ3v) is 2.35. The van der Waals surface area contributed by atoms with Gasteiger partial charge in [0.15, 0.2) is 5.82 Å². The second-order valence-electron chi connectivity index (χ2n) is 3.69. The molecule has 0 bridgehead atoms. The molecule has 0 aliphatic rings. The minimum atomic E-state index is 0.643. The highest BCUT2D eigenvalue weighted by atomic mass is 15.0.